The summed E-state index contributed by atoms with van der Waals surface area (Å²) in [5.41, 5.74) is 1.02. The molecule has 6 heteroatoms. The van der Waals surface area contributed by atoms with E-state index < -0.39 is 23.8 Å². The van der Waals surface area contributed by atoms with E-state index in [0.717, 1.165) is 5.56 Å². The van der Waals surface area contributed by atoms with E-state index in [1.54, 1.807) is 54.6 Å². The zero-order valence-electron chi connectivity index (χ0n) is 18.2. The Kier molecular flexibility index (Phi) is 7.93. The predicted molar refractivity (Wildman–Crippen MR) is 121 cm³/mol. The Labute approximate surface area is 191 Å². The molecule has 0 fully saturated rings. The zero-order valence-corrected chi connectivity index (χ0v) is 18.2. The van der Waals surface area contributed by atoms with Crippen LogP contribution >= 0.6 is 0 Å². The van der Waals surface area contributed by atoms with Crippen LogP contribution in [-0.4, -0.2) is 5.97 Å². The van der Waals surface area contributed by atoms with Crippen LogP contribution in [0.25, 0.3) is 6.08 Å². The molecular formula is C27H23F2NO3. The molecule has 3 aromatic carbocycles. The van der Waals surface area contributed by atoms with Gasteiger partial charge in [0.25, 0.3) is 0 Å². The molecule has 0 heterocycles. The molecule has 0 saturated carbocycles. The summed E-state index contributed by atoms with van der Waals surface area (Å²) in [6.07, 6.45) is 2.14. The maximum absolute atomic E-state index is 14.3. The maximum atomic E-state index is 14.3. The minimum absolute atomic E-state index is 0.0772. The van der Waals surface area contributed by atoms with Crippen LogP contribution < -0.4 is 4.74 Å². The van der Waals surface area contributed by atoms with Crippen molar-refractivity contribution >= 4 is 12.0 Å². The molecule has 3 rings (SSSR count). The standard InChI is InChI=1S/C27H23F2NO3/c1-18(2)23(14-10-19-8-12-21(28)13-9-19)27(31)33-26(17-30)20-11-15-24(29)25(16-20)32-22-6-4-3-5-7-22/h3-16,18,23,26H,1-2H3. The Morgan fingerprint density at radius 2 is 1.70 bits per heavy atom. The first-order valence-corrected chi connectivity index (χ1v) is 10.4. The van der Waals surface area contributed by atoms with Gasteiger partial charge >= 0.3 is 5.97 Å². The molecule has 0 aliphatic rings. The first-order chi connectivity index (χ1) is 15.9. The molecule has 33 heavy (non-hydrogen) atoms. The molecule has 168 valence electrons. The molecule has 0 N–H and O–H groups in total. The van der Waals surface area contributed by atoms with E-state index in [2.05, 4.69) is 0 Å². The summed E-state index contributed by atoms with van der Waals surface area (Å²) in [5, 5.41) is 9.62. The minimum atomic E-state index is -1.24. The fraction of sp³-hybridized carbons (Fsp3) is 0.185. The fourth-order valence-corrected chi connectivity index (χ4v) is 3.10. The molecule has 0 radical (unpaired) electrons. The van der Waals surface area contributed by atoms with Gasteiger partial charge in [0.2, 0.25) is 6.10 Å². The fourth-order valence-electron chi connectivity index (χ4n) is 3.10. The highest BCUT2D eigenvalue weighted by atomic mass is 19.1. The highest BCUT2D eigenvalue weighted by Crippen LogP contribution is 2.30. The first-order valence-electron chi connectivity index (χ1n) is 10.4. The molecular weight excluding hydrogens is 424 g/mol. The Bertz CT molecular complexity index is 1150. The van der Waals surface area contributed by atoms with E-state index in [4.69, 9.17) is 9.47 Å². The van der Waals surface area contributed by atoms with E-state index in [-0.39, 0.29) is 17.5 Å². The van der Waals surface area contributed by atoms with Gasteiger partial charge in [-0.2, -0.15) is 5.26 Å². The summed E-state index contributed by atoms with van der Waals surface area (Å²) in [6.45, 7) is 3.71. The van der Waals surface area contributed by atoms with Crippen LogP contribution in [0.2, 0.25) is 0 Å². The molecule has 3 aromatic rings. The molecule has 0 saturated heterocycles. The number of halogens is 2. The van der Waals surface area contributed by atoms with Gasteiger partial charge in [-0.3, -0.25) is 4.79 Å². The third-order valence-corrected chi connectivity index (χ3v) is 4.94. The van der Waals surface area contributed by atoms with Crippen molar-refractivity contribution in [2.24, 2.45) is 11.8 Å². The molecule has 0 aliphatic heterocycles. The largest absolute Gasteiger partial charge is 0.454 e. The Hall–Kier alpha value is -3.98. The Balaban J connectivity index is 1.77. The van der Waals surface area contributed by atoms with Crippen LogP contribution in [0.5, 0.6) is 11.5 Å². The number of esters is 1. The maximum Gasteiger partial charge on any atom is 0.314 e. The van der Waals surface area contributed by atoms with Gasteiger partial charge in [0, 0.05) is 5.56 Å². The van der Waals surface area contributed by atoms with Crippen LogP contribution in [0.4, 0.5) is 8.78 Å². The van der Waals surface area contributed by atoms with Crippen molar-refractivity contribution in [3.63, 3.8) is 0 Å². The van der Waals surface area contributed by atoms with E-state index in [1.807, 2.05) is 19.9 Å². The summed E-state index contributed by atoms with van der Waals surface area (Å²) < 4.78 is 38.4. The lowest BCUT2D eigenvalue weighted by atomic mass is 9.94. The van der Waals surface area contributed by atoms with Gasteiger partial charge in [0.15, 0.2) is 11.6 Å². The first kappa shape index (κ1) is 23.7. The Morgan fingerprint density at radius 1 is 1.00 bits per heavy atom. The van der Waals surface area contributed by atoms with Crippen LogP contribution in [0, 0.1) is 34.8 Å². The van der Waals surface area contributed by atoms with Crippen molar-refractivity contribution in [1.82, 2.24) is 0 Å². The van der Waals surface area contributed by atoms with Crippen molar-refractivity contribution in [1.29, 1.82) is 5.26 Å². The highest BCUT2D eigenvalue weighted by molar-refractivity contribution is 5.76. The van der Waals surface area contributed by atoms with Crippen molar-refractivity contribution < 1.29 is 23.0 Å². The SMILES string of the molecule is CC(C)C(C=Cc1ccc(F)cc1)C(=O)OC(C#N)c1ccc(F)c(Oc2ccccc2)c1. The van der Waals surface area contributed by atoms with Crippen molar-refractivity contribution in [2.75, 3.05) is 0 Å². The van der Waals surface area contributed by atoms with E-state index >= 15 is 0 Å². The van der Waals surface area contributed by atoms with Crippen molar-refractivity contribution in [3.8, 4) is 17.6 Å². The summed E-state index contributed by atoms with van der Waals surface area (Å²) in [7, 11) is 0. The van der Waals surface area contributed by atoms with E-state index in [1.165, 1.54) is 30.3 Å². The van der Waals surface area contributed by atoms with E-state index in [9.17, 15) is 18.8 Å². The van der Waals surface area contributed by atoms with Crippen molar-refractivity contribution in [2.45, 2.75) is 20.0 Å². The number of carbonyl (C=O) groups excluding carboxylic acids is 1. The van der Waals surface area contributed by atoms with Gasteiger partial charge in [-0.1, -0.05) is 62.4 Å². The third kappa shape index (κ3) is 6.50. The smallest absolute Gasteiger partial charge is 0.314 e. The zero-order chi connectivity index (χ0) is 23.8. The summed E-state index contributed by atoms with van der Waals surface area (Å²) in [4.78, 5) is 12.9. The molecule has 0 amide bonds. The lowest BCUT2D eigenvalue weighted by Gasteiger charge is -2.19. The monoisotopic (exact) mass is 447 g/mol. The number of carbonyl (C=O) groups is 1. The van der Waals surface area contributed by atoms with Crippen molar-refractivity contribution in [3.05, 3.63) is 102 Å². The number of ether oxygens (including phenoxy) is 2. The van der Waals surface area contributed by atoms with Gasteiger partial charge in [0.1, 0.15) is 17.6 Å². The second-order valence-electron chi connectivity index (χ2n) is 7.73. The molecule has 2 unspecified atom stereocenters. The van der Waals surface area contributed by atoms with Crippen LogP contribution in [0.1, 0.15) is 31.1 Å². The highest BCUT2D eigenvalue weighted by Gasteiger charge is 2.26. The van der Waals surface area contributed by atoms with Gasteiger partial charge in [-0.25, -0.2) is 8.78 Å². The molecule has 2 atom stereocenters. The average Bonchev–Trinajstić information content (AvgIpc) is 2.81. The minimum Gasteiger partial charge on any atom is -0.454 e. The number of hydrogen-bond acceptors (Lipinski definition) is 4. The predicted octanol–water partition coefficient (Wildman–Crippen LogP) is 6.85. The summed E-state index contributed by atoms with van der Waals surface area (Å²) >= 11 is 0. The topological polar surface area (TPSA) is 59.3 Å². The second kappa shape index (κ2) is 11.1. The van der Waals surface area contributed by atoms with Crippen LogP contribution in [0.15, 0.2) is 78.9 Å². The third-order valence-electron chi connectivity index (χ3n) is 4.94. The quantitative estimate of drug-likeness (QED) is 0.354. The number of para-hydroxylation sites is 1. The van der Waals surface area contributed by atoms with Gasteiger partial charge in [-0.05, 0) is 47.9 Å². The number of nitrogens with zero attached hydrogens (tertiary/aromatic N) is 1. The lowest BCUT2D eigenvalue weighted by Crippen LogP contribution is -2.22. The molecule has 0 aromatic heterocycles. The number of benzene rings is 3. The average molecular weight is 447 g/mol. The van der Waals surface area contributed by atoms with Gasteiger partial charge in [0.05, 0.1) is 5.92 Å². The molecule has 0 aliphatic carbocycles. The number of nitriles is 1. The normalized spacial score (nSPS) is 12.8. The lowest BCUT2D eigenvalue weighted by molar-refractivity contribution is -0.151. The Morgan fingerprint density at radius 3 is 2.33 bits per heavy atom. The summed E-state index contributed by atoms with van der Waals surface area (Å²) in [5.74, 6) is -1.93. The molecule has 4 nitrogen and oxygen atoms in total. The number of rotatable bonds is 8. The number of hydrogen-bond donors (Lipinski definition) is 0. The molecule has 0 bridgehead atoms. The van der Waals surface area contributed by atoms with E-state index in [0.29, 0.717) is 11.3 Å². The second-order valence-corrected chi connectivity index (χ2v) is 7.73. The summed E-state index contributed by atoms with van der Waals surface area (Å²) in [6, 6.07) is 20.4. The van der Waals surface area contributed by atoms with Crippen LogP contribution in [0.3, 0.4) is 0 Å². The van der Waals surface area contributed by atoms with Crippen LogP contribution in [-0.2, 0) is 9.53 Å². The molecule has 0 spiro atoms. The van der Waals surface area contributed by atoms with Gasteiger partial charge < -0.3 is 9.47 Å². The van der Waals surface area contributed by atoms with Gasteiger partial charge in [-0.15, -0.1) is 0 Å².